The van der Waals surface area contributed by atoms with E-state index in [9.17, 15) is 14.9 Å². The molecule has 2 aliphatic rings. The van der Waals surface area contributed by atoms with Gasteiger partial charge in [-0.05, 0) is 53.4 Å². The number of benzene rings is 3. The standard InChI is InChI=1S/C28H27N5O3S/c1-19(2)21-13-15-22(16-14-21)24-17-18-28(31(29-24)23-9-5-4-6-10-23)32(30-27(37-28)20(3)34)25-11-7-8-12-26(25)33(35)36/h4-16,19H,17-18H2,1-3H3. The molecule has 188 valence electrons. The highest BCUT2D eigenvalue weighted by atomic mass is 32.2. The van der Waals surface area contributed by atoms with Crippen molar-refractivity contribution in [2.75, 3.05) is 10.0 Å². The van der Waals surface area contributed by atoms with Gasteiger partial charge in [0, 0.05) is 19.4 Å². The van der Waals surface area contributed by atoms with Crippen molar-refractivity contribution < 1.29 is 9.72 Å². The number of hydrogen-bond donors (Lipinski definition) is 0. The van der Waals surface area contributed by atoms with E-state index in [0.717, 1.165) is 17.0 Å². The van der Waals surface area contributed by atoms with Gasteiger partial charge >= 0.3 is 0 Å². The van der Waals surface area contributed by atoms with Crippen molar-refractivity contribution >= 4 is 45.4 Å². The van der Waals surface area contributed by atoms with Gasteiger partial charge in [-0.3, -0.25) is 14.9 Å². The van der Waals surface area contributed by atoms with Crippen LogP contribution in [0.15, 0.2) is 89.1 Å². The first-order chi connectivity index (χ1) is 17.8. The first-order valence-electron chi connectivity index (χ1n) is 12.2. The summed E-state index contributed by atoms with van der Waals surface area (Å²) in [6.07, 6.45) is 1.14. The topological polar surface area (TPSA) is 91.4 Å². The second-order valence-corrected chi connectivity index (χ2v) is 10.6. The van der Waals surface area contributed by atoms with Crippen LogP contribution in [0.4, 0.5) is 17.1 Å². The van der Waals surface area contributed by atoms with E-state index in [-0.39, 0.29) is 11.5 Å². The first kappa shape index (κ1) is 24.7. The van der Waals surface area contributed by atoms with E-state index >= 15 is 0 Å². The summed E-state index contributed by atoms with van der Waals surface area (Å²) < 4.78 is 0. The summed E-state index contributed by atoms with van der Waals surface area (Å²) in [6.45, 7) is 5.79. The Balaban J connectivity index is 1.67. The van der Waals surface area contributed by atoms with E-state index < -0.39 is 9.92 Å². The fraction of sp³-hybridized carbons (Fsp3) is 0.250. The van der Waals surface area contributed by atoms with Gasteiger partial charge in [-0.1, -0.05) is 68.4 Å². The minimum absolute atomic E-state index is 0.0805. The molecule has 0 radical (unpaired) electrons. The van der Waals surface area contributed by atoms with E-state index in [1.807, 2.05) is 35.3 Å². The van der Waals surface area contributed by atoms with Crippen LogP contribution in [0.5, 0.6) is 0 Å². The molecule has 1 unspecified atom stereocenters. The number of ketones is 1. The zero-order valence-electron chi connectivity index (χ0n) is 20.9. The molecule has 0 fully saturated rings. The van der Waals surface area contributed by atoms with Crippen molar-refractivity contribution in [3.05, 3.63) is 100 Å². The first-order valence-corrected chi connectivity index (χ1v) is 13.0. The zero-order chi connectivity index (χ0) is 26.2. The fourth-order valence-corrected chi connectivity index (χ4v) is 5.82. The number of anilines is 2. The van der Waals surface area contributed by atoms with Crippen LogP contribution >= 0.6 is 11.8 Å². The number of para-hydroxylation sites is 3. The molecule has 3 aromatic carbocycles. The molecule has 0 amide bonds. The number of hydrazone groups is 2. The molecule has 0 saturated carbocycles. The molecule has 5 rings (SSSR count). The van der Waals surface area contributed by atoms with Gasteiger partial charge in [0.25, 0.3) is 5.69 Å². The number of Topliss-reactive ketones (excluding diaryl/α,β-unsaturated/α-hetero) is 1. The van der Waals surface area contributed by atoms with Crippen LogP contribution in [0.3, 0.4) is 0 Å². The highest BCUT2D eigenvalue weighted by Crippen LogP contribution is 2.51. The molecule has 0 saturated heterocycles. The third-order valence-corrected chi connectivity index (χ3v) is 7.98. The van der Waals surface area contributed by atoms with Crippen molar-refractivity contribution in [1.29, 1.82) is 0 Å². The van der Waals surface area contributed by atoms with Crippen molar-refractivity contribution in [3.63, 3.8) is 0 Å². The van der Waals surface area contributed by atoms with Crippen LogP contribution in [0.2, 0.25) is 0 Å². The lowest BCUT2D eigenvalue weighted by molar-refractivity contribution is -0.384. The van der Waals surface area contributed by atoms with Crippen molar-refractivity contribution in [3.8, 4) is 0 Å². The van der Waals surface area contributed by atoms with Gasteiger partial charge in [-0.2, -0.15) is 10.2 Å². The Morgan fingerprint density at radius 1 is 0.973 bits per heavy atom. The third-order valence-electron chi connectivity index (χ3n) is 6.54. The highest BCUT2D eigenvalue weighted by molar-refractivity contribution is 8.17. The molecule has 0 N–H and O–H groups in total. The summed E-state index contributed by atoms with van der Waals surface area (Å²) in [7, 11) is 0. The smallest absolute Gasteiger partial charge is 0.292 e. The lowest BCUT2D eigenvalue weighted by Crippen LogP contribution is -2.56. The van der Waals surface area contributed by atoms with Crippen LogP contribution in [-0.2, 0) is 4.79 Å². The van der Waals surface area contributed by atoms with Gasteiger partial charge < -0.3 is 0 Å². The Hall–Kier alpha value is -3.98. The third kappa shape index (κ3) is 4.51. The van der Waals surface area contributed by atoms with E-state index in [0.29, 0.717) is 29.5 Å². The van der Waals surface area contributed by atoms with E-state index in [1.165, 1.54) is 30.3 Å². The van der Waals surface area contributed by atoms with E-state index in [1.54, 1.807) is 23.2 Å². The van der Waals surface area contributed by atoms with Crippen LogP contribution < -0.4 is 10.0 Å². The fourth-order valence-electron chi connectivity index (χ4n) is 4.59. The highest BCUT2D eigenvalue weighted by Gasteiger charge is 2.54. The maximum absolute atomic E-state index is 12.5. The van der Waals surface area contributed by atoms with Crippen molar-refractivity contribution in [2.24, 2.45) is 10.2 Å². The average Bonchev–Trinajstić information content (AvgIpc) is 3.29. The van der Waals surface area contributed by atoms with E-state index in [4.69, 9.17) is 5.10 Å². The minimum atomic E-state index is -0.990. The van der Waals surface area contributed by atoms with Crippen LogP contribution in [0.1, 0.15) is 50.7 Å². The monoisotopic (exact) mass is 513 g/mol. The normalized spacial score (nSPS) is 19.2. The van der Waals surface area contributed by atoms with Gasteiger partial charge in [-0.25, -0.2) is 10.0 Å². The Labute approximate surface area is 219 Å². The molecule has 8 nitrogen and oxygen atoms in total. The molecule has 0 aliphatic carbocycles. The number of hydrogen-bond acceptors (Lipinski definition) is 8. The number of nitro benzene ring substituents is 1. The number of carbonyl (C=O) groups is 1. The van der Waals surface area contributed by atoms with Gasteiger partial charge in [0.05, 0.1) is 16.3 Å². The summed E-state index contributed by atoms with van der Waals surface area (Å²) in [5.74, 6) is 0.233. The maximum Gasteiger partial charge on any atom is 0.294 e. The second-order valence-electron chi connectivity index (χ2n) is 9.33. The van der Waals surface area contributed by atoms with Gasteiger partial charge in [-0.15, -0.1) is 0 Å². The van der Waals surface area contributed by atoms with E-state index in [2.05, 4.69) is 43.2 Å². The predicted molar refractivity (Wildman–Crippen MR) is 149 cm³/mol. The molecule has 9 heteroatoms. The molecular formula is C28H27N5O3S. The number of carbonyl (C=O) groups excluding carboxylic acids is 1. The van der Waals surface area contributed by atoms with Crippen LogP contribution in [0.25, 0.3) is 0 Å². The average molecular weight is 514 g/mol. The molecule has 1 spiro atoms. The van der Waals surface area contributed by atoms with Gasteiger partial charge in [0.2, 0.25) is 4.99 Å². The molecule has 37 heavy (non-hydrogen) atoms. The maximum atomic E-state index is 12.5. The number of nitro groups is 1. The minimum Gasteiger partial charge on any atom is -0.292 e. The summed E-state index contributed by atoms with van der Waals surface area (Å²) in [5, 5.41) is 25.5. The second kappa shape index (κ2) is 9.82. The summed E-state index contributed by atoms with van der Waals surface area (Å²) in [5.41, 5.74) is 4.22. The number of thioether (sulfide) groups is 1. The van der Waals surface area contributed by atoms with Crippen LogP contribution in [-0.4, -0.2) is 26.5 Å². The molecular weight excluding hydrogens is 486 g/mol. The summed E-state index contributed by atoms with van der Waals surface area (Å²) in [4.78, 5) is 23.1. The molecule has 0 aromatic heterocycles. The molecule has 1 atom stereocenters. The van der Waals surface area contributed by atoms with Crippen molar-refractivity contribution in [2.45, 2.75) is 44.5 Å². The summed E-state index contributed by atoms with van der Waals surface area (Å²) >= 11 is 1.29. The Bertz CT molecular complexity index is 1400. The lowest BCUT2D eigenvalue weighted by Gasteiger charge is -2.46. The molecule has 2 heterocycles. The summed E-state index contributed by atoms with van der Waals surface area (Å²) in [6, 6.07) is 24.6. The van der Waals surface area contributed by atoms with Gasteiger partial charge in [0.15, 0.2) is 10.8 Å². The largest absolute Gasteiger partial charge is 0.294 e. The van der Waals surface area contributed by atoms with Gasteiger partial charge in [0.1, 0.15) is 5.69 Å². The van der Waals surface area contributed by atoms with Crippen LogP contribution in [0, 0.1) is 10.1 Å². The Morgan fingerprint density at radius 3 is 2.30 bits per heavy atom. The number of nitrogens with zero attached hydrogens (tertiary/aromatic N) is 5. The van der Waals surface area contributed by atoms with Crippen molar-refractivity contribution in [1.82, 2.24) is 0 Å². The SMILES string of the molecule is CC(=O)C1=NN(c2ccccc2[N+](=O)[O-])C2(CCC(c3ccc(C(C)C)cc3)=NN2c2ccccc2)S1. The number of rotatable bonds is 6. The Kier molecular flexibility index (Phi) is 6.55. The molecule has 0 bridgehead atoms. The molecule has 2 aliphatic heterocycles. The predicted octanol–water partition coefficient (Wildman–Crippen LogP) is 6.53. The molecule has 3 aromatic rings. The lowest BCUT2D eigenvalue weighted by atomic mass is 9.97. The zero-order valence-corrected chi connectivity index (χ0v) is 21.7. The Morgan fingerprint density at radius 2 is 1.65 bits per heavy atom. The quantitative estimate of drug-likeness (QED) is 0.275.